The third-order valence-electron chi connectivity index (χ3n) is 4.47. The van der Waals surface area contributed by atoms with E-state index in [1.807, 2.05) is 13.8 Å². The lowest BCUT2D eigenvalue weighted by molar-refractivity contribution is -0.150. The number of thiazole rings is 1. The van der Waals surface area contributed by atoms with Gasteiger partial charge in [-0.1, -0.05) is 19.0 Å². The molecular weight excluding hydrogens is 476 g/mol. The Morgan fingerprint density at radius 2 is 2.15 bits per heavy atom. The average molecular weight is 499 g/mol. The molecule has 3 rings (SSSR count). The van der Waals surface area contributed by atoms with Crippen molar-refractivity contribution in [2.45, 2.75) is 25.3 Å². The fraction of sp³-hybridized carbons (Fsp3) is 0.444. The van der Waals surface area contributed by atoms with Gasteiger partial charge in [0.25, 0.3) is 11.8 Å². The number of hydrogen-bond donors (Lipinski definition) is 4. The van der Waals surface area contributed by atoms with Gasteiger partial charge in [0, 0.05) is 16.7 Å². The number of nitrogens with two attached hydrogens (primary N) is 2. The van der Waals surface area contributed by atoms with E-state index in [4.69, 9.17) is 16.3 Å². The third-order valence-corrected chi connectivity index (χ3v) is 6.48. The van der Waals surface area contributed by atoms with E-state index in [1.54, 1.807) is 0 Å². The summed E-state index contributed by atoms with van der Waals surface area (Å²) in [6, 6.07) is -0.998. The van der Waals surface area contributed by atoms with Gasteiger partial charge >= 0.3 is 12.1 Å². The molecule has 2 aliphatic heterocycles. The molecule has 1 fully saturated rings. The molecule has 2 atom stereocenters. The first-order valence-electron chi connectivity index (χ1n) is 9.64. The second kappa shape index (κ2) is 10.1. The molecule has 2 aliphatic rings. The van der Waals surface area contributed by atoms with Gasteiger partial charge in [-0.25, -0.2) is 14.6 Å². The predicted molar refractivity (Wildman–Crippen MR) is 119 cm³/mol. The van der Waals surface area contributed by atoms with Gasteiger partial charge in [-0.15, -0.1) is 23.1 Å². The van der Waals surface area contributed by atoms with Crippen LogP contribution < -0.4 is 16.8 Å². The molecule has 15 heteroatoms. The zero-order valence-corrected chi connectivity index (χ0v) is 19.3. The Balaban J connectivity index is 1.77. The van der Waals surface area contributed by atoms with E-state index in [9.17, 15) is 24.3 Å². The van der Waals surface area contributed by atoms with Gasteiger partial charge in [-0.05, 0) is 5.92 Å². The van der Waals surface area contributed by atoms with E-state index in [-0.39, 0.29) is 52.7 Å². The molecule has 1 unspecified atom stereocenters. The zero-order chi connectivity index (χ0) is 24.3. The van der Waals surface area contributed by atoms with Crippen LogP contribution >= 0.6 is 23.1 Å². The number of oxime groups is 1. The maximum atomic E-state index is 12.9. The van der Waals surface area contributed by atoms with Gasteiger partial charge in [0.15, 0.2) is 10.8 Å². The minimum absolute atomic E-state index is 0.153. The van der Waals surface area contributed by atoms with Crippen LogP contribution in [-0.2, 0) is 24.0 Å². The lowest BCUT2D eigenvalue weighted by Crippen LogP contribution is -2.71. The first kappa shape index (κ1) is 24.3. The number of aliphatic carboxylic acids is 1. The second-order valence-electron chi connectivity index (χ2n) is 7.43. The number of ether oxygens (including phenoxy) is 1. The molecule has 0 bridgehead atoms. The van der Waals surface area contributed by atoms with Crippen molar-refractivity contribution in [3.8, 4) is 0 Å². The van der Waals surface area contributed by atoms with Crippen molar-refractivity contribution >= 4 is 57.8 Å². The fourth-order valence-corrected chi connectivity index (χ4v) is 4.89. The number of carbonyl (C=O) groups excluding carboxylic acids is 3. The van der Waals surface area contributed by atoms with Gasteiger partial charge in [0.05, 0.1) is 0 Å². The van der Waals surface area contributed by atoms with Crippen LogP contribution in [0.3, 0.4) is 0 Å². The Bertz CT molecular complexity index is 1040. The monoisotopic (exact) mass is 498 g/mol. The molecule has 1 saturated heterocycles. The quantitative estimate of drug-likeness (QED) is 0.203. The summed E-state index contributed by atoms with van der Waals surface area (Å²) in [5, 5.41) is 17.1. The number of β-lactam (4-membered cyclic amide) rings is 1. The van der Waals surface area contributed by atoms with E-state index in [1.165, 1.54) is 17.1 Å². The summed E-state index contributed by atoms with van der Waals surface area (Å²) in [6.07, 6.45) is -1.06. The normalized spacial score (nSPS) is 20.3. The Morgan fingerprint density at radius 3 is 2.73 bits per heavy atom. The smallest absolute Gasteiger partial charge is 0.404 e. The zero-order valence-electron chi connectivity index (χ0n) is 17.6. The van der Waals surface area contributed by atoms with Crippen molar-refractivity contribution in [1.82, 2.24) is 15.2 Å². The van der Waals surface area contributed by atoms with Crippen LogP contribution in [0.4, 0.5) is 9.93 Å². The number of fused-ring (bicyclic) bond motifs is 1. The summed E-state index contributed by atoms with van der Waals surface area (Å²) in [7, 11) is 0. The molecule has 3 heterocycles. The summed E-state index contributed by atoms with van der Waals surface area (Å²) in [6.45, 7) is 3.73. The Labute approximate surface area is 196 Å². The molecule has 0 aromatic carbocycles. The van der Waals surface area contributed by atoms with Crippen LogP contribution in [0.5, 0.6) is 0 Å². The topological polar surface area (TPSA) is 200 Å². The number of hydrogen-bond acceptors (Lipinski definition) is 11. The summed E-state index contributed by atoms with van der Waals surface area (Å²) in [5.74, 6) is -2.38. The lowest BCUT2D eigenvalue weighted by atomic mass is 10.0. The number of nitrogen functional groups attached to an aromatic ring is 1. The van der Waals surface area contributed by atoms with Crippen LogP contribution in [0.1, 0.15) is 19.5 Å². The highest BCUT2D eigenvalue weighted by atomic mass is 32.2. The van der Waals surface area contributed by atoms with E-state index in [0.717, 1.165) is 16.2 Å². The molecule has 0 spiro atoms. The number of nitrogens with zero attached hydrogens (tertiary/aromatic N) is 3. The van der Waals surface area contributed by atoms with E-state index < -0.39 is 35.3 Å². The third kappa shape index (κ3) is 5.36. The van der Waals surface area contributed by atoms with Crippen LogP contribution in [0, 0.1) is 5.92 Å². The molecule has 1 aromatic heterocycles. The molecule has 0 aliphatic carbocycles. The Kier molecular flexibility index (Phi) is 7.43. The Morgan fingerprint density at radius 1 is 1.42 bits per heavy atom. The summed E-state index contributed by atoms with van der Waals surface area (Å²) in [5.41, 5.74) is 10.6. The Hall–Kier alpha value is -3.33. The van der Waals surface area contributed by atoms with Crippen LogP contribution in [0.25, 0.3) is 0 Å². The van der Waals surface area contributed by atoms with Gasteiger partial charge in [-0.3, -0.25) is 14.5 Å². The number of aromatic nitrogens is 1. The van der Waals surface area contributed by atoms with Crippen molar-refractivity contribution in [2.75, 3.05) is 24.7 Å². The fourth-order valence-electron chi connectivity index (χ4n) is 3.01. The number of rotatable bonds is 9. The van der Waals surface area contributed by atoms with E-state index in [2.05, 4.69) is 20.2 Å². The van der Waals surface area contributed by atoms with Gasteiger partial charge < -0.3 is 31.5 Å². The number of thioether (sulfide) groups is 1. The number of primary amides is 1. The number of anilines is 1. The molecule has 1 aromatic rings. The molecule has 33 heavy (non-hydrogen) atoms. The molecule has 13 nitrogen and oxygen atoms in total. The van der Waals surface area contributed by atoms with E-state index in [0.29, 0.717) is 0 Å². The van der Waals surface area contributed by atoms with Gasteiger partial charge in [-0.2, -0.15) is 0 Å². The van der Waals surface area contributed by atoms with Crippen molar-refractivity contribution < 1.29 is 33.9 Å². The lowest BCUT2D eigenvalue weighted by Gasteiger charge is -2.49. The van der Waals surface area contributed by atoms with Crippen molar-refractivity contribution in [2.24, 2.45) is 16.8 Å². The molecule has 0 saturated carbocycles. The maximum absolute atomic E-state index is 12.9. The van der Waals surface area contributed by atoms with Crippen molar-refractivity contribution in [3.05, 3.63) is 22.3 Å². The maximum Gasteiger partial charge on any atom is 0.404 e. The van der Waals surface area contributed by atoms with Crippen LogP contribution in [0.2, 0.25) is 0 Å². The minimum Gasteiger partial charge on any atom is -0.477 e. The highest BCUT2D eigenvalue weighted by Gasteiger charge is 2.54. The summed E-state index contributed by atoms with van der Waals surface area (Å²) < 4.78 is 4.68. The van der Waals surface area contributed by atoms with Gasteiger partial charge in [0.2, 0.25) is 0 Å². The molecule has 6 N–H and O–H groups in total. The van der Waals surface area contributed by atoms with Crippen molar-refractivity contribution in [3.63, 3.8) is 0 Å². The van der Waals surface area contributed by atoms with Gasteiger partial charge in [0.1, 0.15) is 36.0 Å². The van der Waals surface area contributed by atoms with Crippen LogP contribution in [0.15, 0.2) is 21.8 Å². The number of nitrogens with one attached hydrogen (secondary N) is 1. The predicted octanol–water partition coefficient (Wildman–Crippen LogP) is -0.0641. The minimum atomic E-state index is -1.36. The number of amides is 3. The second-order valence-corrected chi connectivity index (χ2v) is 9.42. The largest absolute Gasteiger partial charge is 0.477 e. The number of carboxylic acids is 1. The summed E-state index contributed by atoms with van der Waals surface area (Å²) >= 11 is 2.33. The summed E-state index contributed by atoms with van der Waals surface area (Å²) in [4.78, 5) is 58.7. The van der Waals surface area contributed by atoms with E-state index >= 15 is 0 Å². The number of carboxylic acid groups (broad SMARTS) is 1. The van der Waals surface area contributed by atoms with Crippen molar-refractivity contribution in [1.29, 1.82) is 0 Å². The number of carbonyl (C=O) groups is 4. The standard InChI is InChI=1S/C18H22N6O7S2/c1-7(2)3-31-23-10(9-6-33-17(19)21-9)13(25)22-11-14(26)24-12(16(27)28)8(4-30-18(20)29)5-32-15(11)24/h6-7,11,15H,3-5H2,1-2H3,(H2,19,21)(H2,20,29)(H,22,25)(H,27,28)/t11?,15-/m0/s1. The first-order chi connectivity index (χ1) is 15.6. The molecule has 0 radical (unpaired) electrons. The molecule has 3 amide bonds. The van der Waals surface area contributed by atoms with Crippen LogP contribution in [-0.4, -0.2) is 75.0 Å². The molecular formula is C18H22N6O7S2. The average Bonchev–Trinajstić information content (AvgIpc) is 3.17. The first-order valence-corrected chi connectivity index (χ1v) is 11.6. The SMILES string of the molecule is CC(C)CON=C(C(=O)NC1C(=O)N2C(C(=O)O)=C(COC(N)=O)CS[C@@H]12)c1csc(N)n1. The highest BCUT2D eigenvalue weighted by Crippen LogP contribution is 2.40. The highest BCUT2D eigenvalue weighted by molar-refractivity contribution is 8.00. The molecule has 178 valence electrons.